The highest BCUT2D eigenvalue weighted by Crippen LogP contribution is 2.25. The van der Waals surface area contributed by atoms with E-state index in [1.165, 1.54) is 6.26 Å². The van der Waals surface area contributed by atoms with Crippen molar-refractivity contribution in [3.63, 3.8) is 0 Å². The van der Waals surface area contributed by atoms with Gasteiger partial charge in [0.2, 0.25) is 0 Å². The molecule has 0 radical (unpaired) electrons. The van der Waals surface area contributed by atoms with Crippen LogP contribution < -0.4 is 0 Å². The molecule has 2 nitrogen and oxygen atoms in total. The van der Waals surface area contributed by atoms with Crippen LogP contribution in [0, 0.1) is 0 Å². The van der Waals surface area contributed by atoms with Crippen LogP contribution in [0.2, 0.25) is 0 Å². The van der Waals surface area contributed by atoms with Crippen LogP contribution in [0.3, 0.4) is 0 Å². The van der Waals surface area contributed by atoms with Crippen LogP contribution in [0.15, 0.2) is 60.7 Å². The van der Waals surface area contributed by atoms with Gasteiger partial charge in [-0.25, -0.2) is 8.42 Å². The molecular weight excluding hydrogens is 268 g/mol. The predicted molar refractivity (Wildman–Crippen MR) is 85.8 cm³/mol. The molecular formula is C17H22O2S. The number of hydrogen-bond acceptors (Lipinski definition) is 2. The van der Waals surface area contributed by atoms with Crippen molar-refractivity contribution >= 4 is 9.84 Å². The summed E-state index contributed by atoms with van der Waals surface area (Å²) >= 11 is 0. The zero-order valence-corrected chi connectivity index (χ0v) is 13.1. The fourth-order valence-corrected chi connectivity index (χ4v) is 3.05. The first-order chi connectivity index (χ1) is 9.56. The van der Waals surface area contributed by atoms with Crippen LogP contribution in [-0.4, -0.2) is 20.4 Å². The van der Waals surface area contributed by atoms with Crippen LogP contribution in [0.4, 0.5) is 0 Å². The lowest BCUT2D eigenvalue weighted by Crippen LogP contribution is -2.14. The first-order valence-electron chi connectivity index (χ1n) is 6.84. The van der Waals surface area contributed by atoms with Gasteiger partial charge in [0.25, 0.3) is 0 Å². The summed E-state index contributed by atoms with van der Waals surface area (Å²) in [6.07, 6.45) is 1.28. The number of sulfone groups is 1. The fraction of sp³-hybridized carbons (Fsp3) is 0.294. The molecule has 0 amide bonds. The third-order valence-corrected chi connectivity index (χ3v) is 3.81. The maximum atomic E-state index is 11.6. The van der Waals surface area contributed by atoms with Crippen LogP contribution in [-0.2, 0) is 9.84 Å². The molecule has 0 aliphatic rings. The van der Waals surface area contributed by atoms with Gasteiger partial charge in [0, 0.05) is 12.2 Å². The Kier molecular flexibility index (Phi) is 6.46. The average Bonchev–Trinajstić information content (AvgIpc) is 2.48. The number of hydrogen-bond donors (Lipinski definition) is 0. The molecule has 0 spiro atoms. The summed E-state index contributed by atoms with van der Waals surface area (Å²) in [6.45, 7) is 4.00. The van der Waals surface area contributed by atoms with Gasteiger partial charge in [-0.05, 0) is 11.1 Å². The van der Waals surface area contributed by atoms with E-state index in [-0.39, 0.29) is 11.7 Å². The molecule has 0 aliphatic carbocycles. The van der Waals surface area contributed by atoms with Crippen LogP contribution >= 0.6 is 0 Å². The summed E-state index contributed by atoms with van der Waals surface area (Å²) in [7, 11) is -3.02. The van der Waals surface area contributed by atoms with E-state index in [4.69, 9.17) is 0 Å². The SMILES string of the molecule is CC.CS(=O)(=O)CC(c1ccccc1)c1ccccc1. The molecule has 0 saturated carbocycles. The van der Waals surface area contributed by atoms with E-state index in [2.05, 4.69) is 0 Å². The van der Waals surface area contributed by atoms with Gasteiger partial charge >= 0.3 is 0 Å². The largest absolute Gasteiger partial charge is 0.229 e. The molecule has 2 aromatic rings. The summed E-state index contributed by atoms with van der Waals surface area (Å²) in [5.74, 6) is 0.0449. The Balaban J connectivity index is 0.000000956. The summed E-state index contributed by atoms with van der Waals surface area (Å²) in [4.78, 5) is 0. The van der Waals surface area contributed by atoms with E-state index < -0.39 is 9.84 Å². The van der Waals surface area contributed by atoms with Crippen molar-refractivity contribution < 1.29 is 8.42 Å². The Bertz CT molecular complexity index is 550. The van der Waals surface area contributed by atoms with Gasteiger partial charge in [-0.15, -0.1) is 0 Å². The summed E-state index contributed by atoms with van der Waals surface area (Å²) < 4.78 is 23.2. The molecule has 0 atom stereocenters. The zero-order chi connectivity index (χ0) is 15.0. The Morgan fingerprint density at radius 1 is 0.800 bits per heavy atom. The maximum absolute atomic E-state index is 11.6. The molecule has 20 heavy (non-hydrogen) atoms. The van der Waals surface area contributed by atoms with E-state index in [9.17, 15) is 8.42 Å². The second-order valence-electron chi connectivity index (χ2n) is 4.47. The molecule has 0 bridgehead atoms. The lowest BCUT2D eigenvalue weighted by molar-refractivity contribution is 0.598. The highest BCUT2D eigenvalue weighted by molar-refractivity contribution is 7.90. The summed E-state index contributed by atoms with van der Waals surface area (Å²) in [5.41, 5.74) is 2.07. The molecule has 0 heterocycles. The molecule has 0 aromatic heterocycles. The van der Waals surface area contributed by atoms with Gasteiger partial charge in [0.15, 0.2) is 0 Å². The molecule has 0 unspecified atom stereocenters. The van der Waals surface area contributed by atoms with Crippen molar-refractivity contribution in [2.75, 3.05) is 12.0 Å². The van der Waals surface area contributed by atoms with Crippen molar-refractivity contribution in [3.05, 3.63) is 71.8 Å². The quantitative estimate of drug-likeness (QED) is 0.856. The van der Waals surface area contributed by atoms with E-state index in [1.54, 1.807) is 0 Å². The Hall–Kier alpha value is -1.61. The molecule has 2 aromatic carbocycles. The third kappa shape index (κ3) is 5.17. The van der Waals surface area contributed by atoms with Crippen LogP contribution in [0.5, 0.6) is 0 Å². The molecule has 108 valence electrons. The average molecular weight is 290 g/mol. The normalized spacial score (nSPS) is 10.8. The highest BCUT2D eigenvalue weighted by Gasteiger charge is 2.18. The molecule has 0 fully saturated rings. The van der Waals surface area contributed by atoms with Gasteiger partial charge in [-0.2, -0.15) is 0 Å². The minimum absolute atomic E-state index is 0.0950. The molecule has 0 saturated heterocycles. The Labute approximate surface area is 122 Å². The van der Waals surface area contributed by atoms with Crippen LogP contribution in [0.25, 0.3) is 0 Å². The van der Waals surface area contributed by atoms with E-state index >= 15 is 0 Å². The third-order valence-electron chi connectivity index (χ3n) is 2.87. The van der Waals surface area contributed by atoms with Gasteiger partial charge in [0.05, 0.1) is 5.75 Å². The molecule has 3 heteroatoms. The first-order valence-corrected chi connectivity index (χ1v) is 8.90. The van der Waals surface area contributed by atoms with Crippen molar-refractivity contribution in [3.8, 4) is 0 Å². The van der Waals surface area contributed by atoms with E-state index in [0.29, 0.717) is 0 Å². The summed E-state index contributed by atoms with van der Waals surface area (Å²) in [5, 5.41) is 0. The minimum Gasteiger partial charge on any atom is -0.229 e. The Morgan fingerprint density at radius 3 is 1.45 bits per heavy atom. The van der Waals surface area contributed by atoms with Gasteiger partial charge in [0.1, 0.15) is 9.84 Å². The zero-order valence-electron chi connectivity index (χ0n) is 12.3. The first kappa shape index (κ1) is 16.4. The topological polar surface area (TPSA) is 34.1 Å². The predicted octanol–water partition coefficient (Wildman–Crippen LogP) is 3.89. The minimum atomic E-state index is -3.02. The molecule has 0 N–H and O–H groups in total. The standard InChI is InChI=1S/C15H16O2S.C2H6/c1-18(16,17)12-15(13-8-4-2-5-9-13)14-10-6-3-7-11-14;1-2/h2-11,15H,12H2,1H3;1-2H3. The van der Waals surface area contributed by atoms with Crippen molar-refractivity contribution in [2.24, 2.45) is 0 Å². The molecule has 2 rings (SSSR count). The lowest BCUT2D eigenvalue weighted by Gasteiger charge is -2.16. The second kappa shape index (κ2) is 7.85. The number of rotatable bonds is 4. The van der Waals surface area contributed by atoms with E-state index in [0.717, 1.165) is 11.1 Å². The van der Waals surface area contributed by atoms with Gasteiger partial charge in [-0.1, -0.05) is 74.5 Å². The highest BCUT2D eigenvalue weighted by atomic mass is 32.2. The van der Waals surface area contributed by atoms with Gasteiger partial charge < -0.3 is 0 Å². The lowest BCUT2D eigenvalue weighted by atomic mass is 9.93. The van der Waals surface area contributed by atoms with Crippen molar-refractivity contribution in [2.45, 2.75) is 19.8 Å². The maximum Gasteiger partial charge on any atom is 0.148 e. The molecule has 0 aliphatic heterocycles. The fourth-order valence-electron chi connectivity index (χ4n) is 2.06. The van der Waals surface area contributed by atoms with Gasteiger partial charge in [-0.3, -0.25) is 0 Å². The monoisotopic (exact) mass is 290 g/mol. The summed E-state index contributed by atoms with van der Waals surface area (Å²) in [6, 6.07) is 19.5. The Morgan fingerprint density at radius 2 is 1.15 bits per heavy atom. The van der Waals surface area contributed by atoms with Crippen molar-refractivity contribution in [1.29, 1.82) is 0 Å². The smallest absolute Gasteiger partial charge is 0.148 e. The van der Waals surface area contributed by atoms with E-state index in [1.807, 2.05) is 74.5 Å². The number of benzene rings is 2. The van der Waals surface area contributed by atoms with Crippen molar-refractivity contribution in [1.82, 2.24) is 0 Å². The second-order valence-corrected chi connectivity index (χ2v) is 6.65. The van der Waals surface area contributed by atoms with Crippen LogP contribution in [0.1, 0.15) is 30.9 Å².